The maximum absolute atomic E-state index is 12.2. The molecule has 0 aliphatic rings. The Kier molecular flexibility index (Phi) is 5.73. The fraction of sp³-hybridized carbons (Fsp3) is 0. The van der Waals surface area contributed by atoms with Crippen LogP contribution in [0, 0.1) is 0 Å². The van der Waals surface area contributed by atoms with Gasteiger partial charge in [0.25, 0.3) is 0 Å². The predicted molar refractivity (Wildman–Crippen MR) is 104 cm³/mol. The highest BCUT2D eigenvalue weighted by atomic mass is 79.9. The molecule has 4 nitrogen and oxygen atoms in total. The molecule has 0 N–H and O–H groups in total. The molecular formula is C19H12Br2N2O2. The molecule has 0 aliphatic carbocycles. The van der Waals surface area contributed by atoms with Crippen molar-refractivity contribution in [3.63, 3.8) is 0 Å². The molecule has 0 aromatic heterocycles. The Hall–Kier alpha value is -2.31. The van der Waals surface area contributed by atoms with Gasteiger partial charge in [-0.3, -0.25) is 0 Å². The van der Waals surface area contributed by atoms with Crippen molar-refractivity contribution in [1.29, 1.82) is 0 Å². The SMILES string of the molecule is O=C(Oc1ccc(N=Nc2ccccc2)cc1)c1cc(Br)cc(Br)c1. The molecule has 0 heterocycles. The Morgan fingerprint density at radius 2 is 1.32 bits per heavy atom. The maximum Gasteiger partial charge on any atom is 0.343 e. The van der Waals surface area contributed by atoms with E-state index in [-0.39, 0.29) is 0 Å². The summed E-state index contributed by atoms with van der Waals surface area (Å²) in [6.07, 6.45) is 0. The Balaban J connectivity index is 1.68. The molecule has 3 rings (SSSR count). The summed E-state index contributed by atoms with van der Waals surface area (Å²) in [4.78, 5) is 12.2. The van der Waals surface area contributed by atoms with Crippen LogP contribution in [-0.2, 0) is 0 Å². The first-order chi connectivity index (χ1) is 12.1. The third-order valence-electron chi connectivity index (χ3n) is 3.18. The van der Waals surface area contributed by atoms with Crippen molar-refractivity contribution in [1.82, 2.24) is 0 Å². The fourth-order valence-corrected chi connectivity index (χ4v) is 3.32. The van der Waals surface area contributed by atoms with Crippen LogP contribution in [0.25, 0.3) is 0 Å². The Morgan fingerprint density at radius 1 is 0.760 bits per heavy atom. The van der Waals surface area contributed by atoms with Gasteiger partial charge in [0.1, 0.15) is 5.75 Å². The van der Waals surface area contributed by atoms with Crippen LogP contribution in [-0.4, -0.2) is 5.97 Å². The second-order valence-corrected chi connectivity index (χ2v) is 6.91. The van der Waals surface area contributed by atoms with Crippen molar-refractivity contribution in [2.24, 2.45) is 10.2 Å². The zero-order valence-corrected chi connectivity index (χ0v) is 16.1. The van der Waals surface area contributed by atoms with Crippen LogP contribution in [0.15, 0.2) is 92.0 Å². The van der Waals surface area contributed by atoms with Gasteiger partial charge in [0.15, 0.2) is 0 Å². The second kappa shape index (κ2) is 8.18. The number of halogens is 2. The van der Waals surface area contributed by atoms with E-state index < -0.39 is 5.97 Å². The van der Waals surface area contributed by atoms with Crippen LogP contribution in [0.5, 0.6) is 5.75 Å². The van der Waals surface area contributed by atoms with E-state index in [0.29, 0.717) is 17.0 Å². The van der Waals surface area contributed by atoms with Gasteiger partial charge in [-0.25, -0.2) is 4.79 Å². The molecule has 0 spiro atoms. The Morgan fingerprint density at radius 3 is 1.92 bits per heavy atom. The molecule has 124 valence electrons. The topological polar surface area (TPSA) is 51.0 Å². The lowest BCUT2D eigenvalue weighted by atomic mass is 10.2. The molecular weight excluding hydrogens is 448 g/mol. The minimum absolute atomic E-state index is 0.430. The van der Waals surface area contributed by atoms with Crippen molar-refractivity contribution in [2.75, 3.05) is 0 Å². The summed E-state index contributed by atoms with van der Waals surface area (Å²) in [5, 5.41) is 8.29. The number of nitrogens with zero attached hydrogens (tertiary/aromatic N) is 2. The molecule has 0 atom stereocenters. The molecule has 6 heteroatoms. The molecule has 0 aliphatic heterocycles. The monoisotopic (exact) mass is 458 g/mol. The van der Waals surface area contributed by atoms with Crippen molar-refractivity contribution in [2.45, 2.75) is 0 Å². The summed E-state index contributed by atoms with van der Waals surface area (Å²) < 4.78 is 6.97. The van der Waals surface area contributed by atoms with Crippen molar-refractivity contribution in [3.05, 3.63) is 87.3 Å². The number of benzene rings is 3. The molecule has 0 saturated heterocycles. The van der Waals surface area contributed by atoms with Crippen LogP contribution in [0.4, 0.5) is 11.4 Å². The van der Waals surface area contributed by atoms with E-state index in [0.717, 1.165) is 14.6 Å². The summed E-state index contributed by atoms with van der Waals surface area (Å²) in [5.41, 5.74) is 1.90. The van der Waals surface area contributed by atoms with Crippen LogP contribution >= 0.6 is 31.9 Å². The highest BCUT2D eigenvalue weighted by Crippen LogP contribution is 2.24. The molecule has 0 unspecified atom stereocenters. The van der Waals surface area contributed by atoms with Crippen LogP contribution in [0.3, 0.4) is 0 Å². The number of hydrogen-bond donors (Lipinski definition) is 0. The van der Waals surface area contributed by atoms with Gasteiger partial charge >= 0.3 is 5.97 Å². The number of azo groups is 1. The van der Waals surface area contributed by atoms with Gasteiger partial charge in [0, 0.05) is 8.95 Å². The van der Waals surface area contributed by atoms with E-state index in [1.54, 1.807) is 36.4 Å². The zero-order chi connectivity index (χ0) is 17.6. The van der Waals surface area contributed by atoms with Gasteiger partial charge in [-0.05, 0) is 54.6 Å². The number of ether oxygens (including phenoxy) is 1. The molecule has 0 radical (unpaired) electrons. The van der Waals surface area contributed by atoms with Crippen molar-refractivity contribution >= 4 is 49.2 Å². The van der Waals surface area contributed by atoms with Gasteiger partial charge in [0.2, 0.25) is 0 Å². The quantitative estimate of drug-likeness (QED) is 0.243. The van der Waals surface area contributed by atoms with Gasteiger partial charge < -0.3 is 4.74 Å². The number of hydrogen-bond acceptors (Lipinski definition) is 4. The third-order valence-corrected chi connectivity index (χ3v) is 4.10. The standard InChI is InChI=1S/C19H12Br2N2O2/c20-14-10-13(11-15(21)12-14)19(24)25-18-8-6-17(7-9-18)23-22-16-4-2-1-3-5-16/h1-12H. The molecule has 3 aromatic rings. The summed E-state index contributed by atoms with van der Waals surface area (Å²) in [5.74, 6) is 0.0143. The van der Waals surface area contributed by atoms with E-state index >= 15 is 0 Å². The average molecular weight is 460 g/mol. The summed E-state index contributed by atoms with van der Waals surface area (Å²) in [7, 11) is 0. The largest absolute Gasteiger partial charge is 0.423 e. The molecule has 25 heavy (non-hydrogen) atoms. The van der Waals surface area contributed by atoms with E-state index in [9.17, 15) is 4.79 Å². The van der Waals surface area contributed by atoms with Crippen LogP contribution < -0.4 is 4.74 Å². The number of carbonyl (C=O) groups excluding carboxylic acids is 1. The minimum atomic E-state index is -0.430. The Labute approximate surface area is 161 Å². The van der Waals surface area contributed by atoms with Gasteiger partial charge in [-0.1, -0.05) is 50.1 Å². The normalized spacial score (nSPS) is 10.8. The molecule has 0 bridgehead atoms. The molecule has 3 aromatic carbocycles. The van der Waals surface area contributed by atoms with Gasteiger partial charge in [0.05, 0.1) is 16.9 Å². The van der Waals surface area contributed by atoms with Crippen molar-refractivity contribution in [3.8, 4) is 5.75 Å². The minimum Gasteiger partial charge on any atom is -0.423 e. The smallest absolute Gasteiger partial charge is 0.343 e. The summed E-state index contributed by atoms with van der Waals surface area (Å²) >= 11 is 6.70. The Bertz CT molecular complexity index is 890. The highest BCUT2D eigenvalue weighted by Gasteiger charge is 2.10. The summed E-state index contributed by atoms with van der Waals surface area (Å²) in [6.45, 7) is 0. The maximum atomic E-state index is 12.2. The molecule has 0 fully saturated rings. The van der Waals surface area contributed by atoms with E-state index in [1.807, 2.05) is 36.4 Å². The van der Waals surface area contributed by atoms with E-state index in [1.165, 1.54) is 0 Å². The highest BCUT2D eigenvalue weighted by molar-refractivity contribution is 9.11. The lowest BCUT2D eigenvalue weighted by Gasteiger charge is -2.05. The second-order valence-electron chi connectivity index (χ2n) is 5.08. The lowest BCUT2D eigenvalue weighted by Crippen LogP contribution is -2.08. The average Bonchev–Trinajstić information content (AvgIpc) is 2.61. The fourth-order valence-electron chi connectivity index (χ4n) is 2.03. The van der Waals surface area contributed by atoms with Gasteiger partial charge in [-0.2, -0.15) is 10.2 Å². The number of rotatable bonds is 4. The first-order valence-electron chi connectivity index (χ1n) is 7.35. The first kappa shape index (κ1) is 17.5. The molecule has 0 amide bonds. The predicted octanol–water partition coefficient (Wildman–Crippen LogP) is 6.85. The lowest BCUT2D eigenvalue weighted by molar-refractivity contribution is 0.0734. The van der Waals surface area contributed by atoms with Crippen LogP contribution in [0.1, 0.15) is 10.4 Å². The van der Waals surface area contributed by atoms with E-state index in [2.05, 4.69) is 42.1 Å². The third kappa shape index (κ3) is 5.08. The van der Waals surface area contributed by atoms with Crippen molar-refractivity contribution < 1.29 is 9.53 Å². The van der Waals surface area contributed by atoms with Crippen LogP contribution in [0.2, 0.25) is 0 Å². The number of carbonyl (C=O) groups is 1. The zero-order valence-electron chi connectivity index (χ0n) is 12.9. The summed E-state index contributed by atoms with van der Waals surface area (Å²) in [6, 6.07) is 21.6. The van der Waals surface area contributed by atoms with Gasteiger partial charge in [-0.15, -0.1) is 0 Å². The molecule has 0 saturated carbocycles. The first-order valence-corrected chi connectivity index (χ1v) is 8.94. The van der Waals surface area contributed by atoms with E-state index in [4.69, 9.17) is 4.74 Å². The number of esters is 1.